The minimum Gasteiger partial charge on any atom is -0.388 e. The van der Waals surface area contributed by atoms with Crippen LogP contribution in [0.3, 0.4) is 0 Å². The van der Waals surface area contributed by atoms with Crippen LogP contribution >= 0.6 is 0 Å². The second-order valence-electron chi connectivity index (χ2n) is 4.46. The van der Waals surface area contributed by atoms with E-state index in [0.29, 0.717) is 18.9 Å². The molecule has 1 atom stereocenters. The molecule has 1 aliphatic carbocycles. The zero-order chi connectivity index (χ0) is 10.9. The van der Waals surface area contributed by atoms with Crippen molar-refractivity contribution < 1.29 is 5.11 Å². The first-order chi connectivity index (χ1) is 7.18. The maximum absolute atomic E-state index is 10.3. The van der Waals surface area contributed by atoms with Gasteiger partial charge < -0.3 is 10.8 Å². The number of nitrogens with zero attached hydrogens (tertiary/aromatic N) is 2. The lowest BCUT2D eigenvalue weighted by Gasteiger charge is -2.25. The Hall–Kier alpha value is -0.870. The van der Waals surface area contributed by atoms with Crippen LogP contribution in [0.1, 0.15) is 25.3 Å². The summed E-state index contributed by atoms with van der Waals surface area (Å²) in [7, 11) is 0. The molecule has 4 nitrogen and oxygen atoms in total. The molecule has 1 heterocycles. The third-order valence-corrected chi connectivity index (χ3v) is 3.21. The van der Waals surface area contributed by atoms with Crippen molar-refractivity contribution >= 4 is 0 Å². The lowest BCUT2D eigenvalue weighted by atomic mass is 9.91. The average Bonchev–Trinajstić information content (AvgIpc) is 3.01. The smallest absolute Gasteiger partial charge is 0.0838 e. The van der Waals surface area contributed by atoms with Crippen LogP contribution in [-0.4, -0.2) is 27.0 Å². The fraction of sp³-hybridized carbons (Fsp3) is 0.727. The van der Waals surface area contributed by atoms with Crippen molar-refractivity contribution in [2.75, 3.05) is 6.54 Å². The standard InChI is InChI=1S/C11H19N3O/c1-2-14-7-9(6-13-14)5-11(15,8-12)10-3-4-10/h6-7,10,15H,2-5,8,12H2,1H3. The Morgan fingerprint density at radius 2 is 2.40 bits per heavy atom. The first-order valence-corrected chi connectivity index (χ1v) is 5.61. The Balaban J connectivity index is 2.05. The van der Waals surface area contributed by atoms with Gasteiger partial charge in [0, 0.05) is 25.7 Å². The Labute approximate surface area is 90.1 Å². The van der Waals surface area contributed by atoms with Crippen LogP contribution in [-0.2, 0) is 13.0 Å². The molecule has 1 unspecified atom stereocenters. The highest BCUT2D eigenvalue weighted by atomic mass is 16.3. The second-order valence-corrected chi connectivity index (χ2v) is 4.46. The highest BCUT2D eigenvalue weighted by Gasteiger charge is 2.42. The largest absolute Gasteiger partial charge is 0.388 e. The van der Waals surface area contributed by atoms with Crippen molar-refractivity contribution in [3.63, 3.8) is 0 Å². The van der Waals surface area contributed by atoms with Crippen molar-refractivity contribution in [3.05, 3.63) is 18.0 Å². The summed E-state index contributed by atoms with van der Waals surface area (Å²) in [5.74, 6) is 0.396. The van der Waals surface area contributed by atoms with Gasteiger partial charge >= 0.3 is 0 Å². The SMILES string of the molecule is CCn1cc(CC(O)(CN)C2CC2)cn1. The van der Waals surface area contributed by atoms with Crippen LogP contribution in [0.15, 0.2) is 12.4 Å². The molecule has 15 heavy (non-hydrogen) atoms. The summed E-state index contributed by atoms with van der Waals surface area (Å²) >= 11 is 0. The summed E-state index contributed by atoms with van der Waals surface area (Å²) in [6, 6.07) is 0. The molecule has 1 aromatic rings. The van der Waals surface area contributed by atoms with Gasteiger partial charge in [0.1, 0.15) is 0 Å². The van der Waals surface area contributed by atoms with Crippen LogP contribution in [0, 0.1) is 5.92 Å². The first-order valence-electron chi connectivity index (χ1n) is 5.61. The molecule has 0 saturated heterocycles. The average molecular weight is 209 g/mol. The molecule has 84 valence electrons. The van der Waals surface area contributed by atoms with Crippen LogP contribution in [0.2, 0.25) is 0 Å². The summed E-state index contributed by atoms with van der Waals surface area (Å²) in [6.45, 7) is 3.26. The summed E-state index contributed by atoms with van der Waals surface area (Å²) in [4.78, 5) is 0. The number of nitrogens with two attached hydrogens (primary N) is 1. The summed E-state index contributed by atoms with van der Waals surface area (Å²) in [5, 5.41) is 14.5. The topological polar surface area (TPSA) is 64.1 Å². The number of hydrogen-bond acceptors (Lipinski definition) is 3. The van der Waals surface area contributed by atoms with E-state index >= 15 is 0 Å². The van der Waals surface area contributed by atoms with E-state index in [1.165, 1.54) is 0 Å². The Morgan fingerprint density at radius 1 is 1.67 bits per heavy atom. The highest BCUT2D eigenvalue weighted by Crippen LogP contribution is 2.40. The molecule has 3 N–H and O–H groups in total. The number of rotatable bonds is 5. The monoisotopic (exact) mass is 209 g/mol. The summed E-state index contributed by atoms with van der Waals surface area (Å²) in [5.41, 5.74) is 6.03. The third kappa shape index (κ3) is 2.21. The maximum atomic E-state index is 10.3. The molecule has 4 heteroatoms. The van der Waals surface area contributed by atoms with E-state index in [2.05, 4.69) is 5.10 Å². The maximum Gasteiger partial charge on any atom is 0.0838 e. The van der Waals surface area contributed by atoms with Crippen molar-refractivity contribution in [2.24, 2.45) is 11.7 Å². The van der Waals surface area contributed by atoms with E-state index < -0.39 is 5.60 Å². The van der Waals surface area contributed by atoms with E-state index in [1.54, 1.807) is 0 Å². The molecule has 1 saturated carbocycles. The molecule has 0 aromatic carbocycles. The van der Waals surface area contributed by atoms with Crippen molar-refractivity contribution in [1.82, 2.24) is 9.78 Å². The van der Waals surface area contributed by atoms with Gasteiger partial charge in [0.2, 0.25) is 0 Å². The molecule has 1 aromatic heterocycles. The van der Waals surface area contributed by atoms with Crippen LogP contribution in [0.5, 0.6) is 0 Å². The normalized spacial score (nSPS) is 20.2. The zero-order valence-corrected chi connectivity index (χ0v) is 9.19. The molecule has 0 amide bonds. The molecule has 1 fully saturated rings. The molecule has 0 radical (unpaired) electrons. The van der Waals surface area contributed by atoms with Gasteiger partial charge in [-0.15, -0.1) is 0 Å². The Kier molecular flexibility index (Phi) is 2.80. The lowest BCUT2D eigenvalue weighted by Crippen LogP contribution is -2.42. The molecular weight excluding hydrogens is 190 g/mol. The minimum atomic E-state index is -0.707. The van der Waals surface area contributed by atoms with Crippen LogP contribution in [0.25, 0.3) is 0 Å². The third-order valence-electron chi connectivity index (χ3n) is 3.21. The highest BCUT2D eigenvalue weighted by molar-refractivity contribution is 5.11. The van der Waals surface area contributed by atoms with Gasteiger partial charge in [-0.25, -0.2) is 0 Å². The van der Waals surface area contributed by atoms with Crippen molar-refractivity contribution in [3.8, 4) is 0 Å². The van der Waals surface area contributed by atoms with Gasteiger partial charge in [-0.2, -0.15) is 5.10 Å². The van der Waals surface area contributed by atoms with Crippen LogP contribution in [0.4, 0.5) is 0 Å². The zero-order valence-electron chi connectivity index (χ0n) is 9.19. The lowest BCUT2D eigenvalue weighted by molar-refractivity contribution is 0.0267. The van der Waals surface area contributed by atoms with Crippen molar-refractivity contribution in [2.45, 2.75) is 38.3 Å². The Bertz CT molecular complexity index is 332. The number of aromatic nitrogens is 2. The van der Waals surface area contributed by atoms with E-state index in [0.717, 1.165) is 24.9 Å². The molecule has 0 bridgehead atoms. The molecule has 0 spiro atoms. The predicted octanol–water partition coefficient (Wildman–Crippen LogP) is 0.545. The number of aryl methyl sites for hydroxylation is 1. The second kappa shape index (κ2) is 3.94. The van der Waals surface area contributed by atoms with Gasteiger partial charge in [-0.3, -0.25) is 4.68 Å². The summed E-state index contributed by atoms with van der Waals surface area (Å²) < 4.78 is 1.87. The van der Waals surface area contributed by atoms with Gasteiger partial charge in [0.15, 0.2) is 0 Å². The summed E-state index contributed by atoms with van der Waals surface area (Å²) in [6.07, 6.45) is 6.66. The number of aliphatic hydroxyl groups is 1. The van der Waals surface area contributed by atoms with E-state index in [9.17, 15) is 5.11 Å². The van der Waals surface area contributed by atoms with Gasteiger partial charge in [-0.1, -0.05) is 0 Å². The Morgan fingerprint density at radius 3 is 2.87 bits per heavy atom. The predicted molar refractivity (Wildman–Crippen MR) is 58.3 cm³/mol. The van der Waals surface area contributed by atoms with Crippen LogP contribution < -0.4 is 5.73 Å². The fourth-order valence-corrected chi connectivity index (χ4v) is 2.03. The quantitative estimate of drug-likeness (QED) is 0.744. The van der Waals surface area contributed by atoms with E-state index in [-0.39, 0.29) is 0 Å². The van der Waals surface area contributed by atoms with Gasteiger partial charge in [0.25, 0.3) is 0 Å². The first kappa shape index (κ1) is 10.6. The van der Waals surface area contributed by atoms with E-state index in [1.807, 2.05) is 24.0 Å². The number of hydrogen-bond donors (Lipinski definition) is 2. The van der Waals surface area contributed by atoms with E-state index in [4.69, 9.17) is 5.73 Å². The van der Waals surface area contributed by atoms with Gasteiger partial charge in [0.05, 0.1) is 11.8 Å². The molecule has 0 aliphatic heterocycles. The minimum absolute atomic E-state index is 0.342. The van der Waals surface area contributed by atoms with Gasteiger partial charge in [-0.05, 0) is 31.2 Å². The van der Waals surface area contributed by atoms with Crippen molar-refractivity contribution in [1.29, 1.82) is 0 Å². The molecule has 1 aliphatic rings. The fourth-order valence-electron chi connectivity index (χ4n) is 2.03. The molecule has 2 rings (SSSR count). The molecular formula is C11H19N3O.